The molecule has 0 aliphatic rings. The highest BCUT2D eigenvalue weighted by Crippen LogP contribution is 2.37. The Morgan fingerprint density at radius 2 is 1.31 bits per heavy atom. The van der Waals surface area contributed by atoms with Crippen LogP contribution in [0.1, 0.15) is 57.1 Å². The Hall–Kier alpha value is -3.66. The van der Waals surface area contributed by atoms with Crippen molar-refractivity contribution in [3.63, 3.8) is 0 Å². The third-order valence-electron chi connectivity index (χ3n) is 7.40. The molecule has 2 unspecified atom stereocenters. The van der Waals surface area contributed by atoms with Crippen molar-refractivity contribution in [2.75, 3.05) is 14.2 Å². The molecular formula is C32H34O4. The lowest BCUT2D eigenvalue weighted by molar-refractivity contribution is -0.135. The maximum atomic E-state index is 14.2. The monoisotopic (exact) mass is 482 g/mol. The number of ketones is 2. The zero-order chi connectivity index (χ0) is 25.9. The van der Waals surface area contributed by atoms with Crippen LogP contribution < -0.4 is 9.47 Å². The molecule has 0 N–H and O–H groups in total. The molecule has 0 spiro atoms. The van der Waals surface area contributed by atoms with Gasteiger partial charge in [0.1, 0.15) is 16.9 Å². The standard InChI is InChI=1S/C32H34O4/c1-6-7-8-30(33)32(3,27-14-11-26-20-29(36-5)16-13-24(26)18-27)31(34)21(2)22-9-10-25-19-28(35-4)15-12-23(25)17-22/h9-21H,6-8H2,1-5H3. The molecule has 0 saturated carbocycles. The van der Waals surface area contributed by atoms with Crippen molar-refractivity contribution in [3.05, 3.63) is 83.9 Å². The number of fused-ring (bicyclic) bond motifs is 2. The SMILES string of the molecule is CCCCC(=O)C(C)(C(=O)C(C)c1ccc2cc(OC)ccc2c1)c1ccc2cc(OC)ccc2c1. The first-order valence-electron chi connectivity index (χ1n) is 12.6. The Bertz CT molecular complexity index is 1420. The molecule has 0 heterocycles. The molecule has 4 rings (SSSR count). The molecule has 0 aliphatic heterocycles. The van der Waals surface area contributed by atoms with Crippen LogP contribution in [-0.2, 0) is 15.0 Å². The van der Waals surface area contributed by atoms with E-state index in [2.05, 4.69) is 6.92 Å². The summed E-state index contributed by atoms with van der Waals surface area (Å²) in [5.74, 6) is 1.01. The van der Waals surface area contributed by atoms with E-state index in [-0.39, 0.29) is 11.6 Å². The van der Waals surface area contributed by atoms with Crippen LogP contribution in [-0.4, -0.2) is 25.8 Å². The number of hydrogen-bond donors (Lipinski definition) is 0. The van der Waals surface area contributed by atoms with E-state index in [1.807, 2.05) is 79.7 Å². The maximum Gasteiger partial charge on any atom is 0.157 e. The molecule has 0 fully saturated rings. The van der Waals surface area contributed by atoms with E-state index in [0.29, 0.717) is 6.42 Å². The zero-order valence-electron chi connectivity index (χ0n) is 21.8. The van der Waals surface area contributed by atoms with E-state index in [1.165, 1.54) is 0 Å². The second-order valence-corrected chi connectivity index (χ2v) is 9.64. The van der Waals surface area contributed by atoms with Gasteiger partial charge in [0.05, 0.1) is 14.2 Å². The Labute approximate surface area is 213 Å². The lowest BCUT2D eigenvalue weighted by Gasteiger charge is -2.31. The van der Waals surface area contributed by atoms with Gasteiger partial charge in [0.2, 0.25) is 0 Å². The Morgan fingerprint density at radius 1 is 0.778 bits per heavy atom. The largest absolute Gasteiger partial charge is 0.497 e. The fraction of sp³-hybridized carbons (Fsp3) is 0.312. The number of Topliss-reactive ketones (excluding diaryl/α,β-unsaturated/α-hetero) is 2. The predicted molar refractivity (Wildman–Crippen MR) is 146 cm³/mol. The highest BCUT2D eigenvalue weighted by Gasteiger charge is 2.44. The summed E-state index contributed by atoms with van der Waals surface area (Å²) in [5, 5.41) is 4.06. The minimum Gasteiger partial charge on any atom is -0.497 e. The molecule has 4 aromatic rings. The molecule has 0 aromatic heterocycles. The fourth-order valence-corrected chi connectivity index (χ4v) is 4.91. The van der Waals surface area contributed by atoms with Gasteiger partial charge in [-0.2, -0.15) is 0 Å². The number of methoxy groups -OCH3 is 2. The first-order valence-corrected chi connectivity index (χ1v) is 12.6. The van der Waals surface area contributed by atoms with Gasteiger partial charge in [-0.15, -0.1) is 0 Å². The van der Waals surface area contributed by atoms with Crippen LogP contribution in [0.25, 0.3) is 21.5 Å². The van der Waals surface area contributed by atoms with Gasteiger partial charge in [0.25, 0.3) is 0 Å². The summed E-state index contributed by atoms with van der Waals surface area (Å²) >= 11 is 0. The number of benzene rings is 4. The molecule has 2 atom stereocenters. The summed E-state index contributed by atoms with van der Waals surface area (Å²) in [6, 6.07) is 23.6. The van der Waals surface area contributed by atoms with Gasteiger partial charge in [-0.1, -0.05) is 62.7 Å². The van der Waals surface area contributed by atoms with E-state index in [9.17, 15) is 9.59 Å². The van der Waals surface area contributed by atoms with Crippen molar-refractivity contribution in [2.45, 2.75) is 51.4 Å². The van der Waals surface area contributed by atoms with E-state index >= 15 is 0 Å². The highest BCUT2D eigenvalue weighted by molar-refractivity contribution is 6.14. The zero-order valence-corrected chi connectivity index (χ0v) is 21.8. The average Bonchev–Trinajstić information content (AvgIpc) is 2.93. The smallest absolute Gasteiger partial charge is 0.157 e. The Morgan fingerprint density at radius 3 is 1.89 bits per heavy atom. The number of hydrogen-bond acceptors (Lipinski definition) is 4. The molecule has 0 saturated heterocycles. The fourth-order valence-electron chi connectivity index (χ4n) is 4.91. The van der Waals surface area contributed by atoms with Crippen molar-refractivity contribution in [1.82, 2.24) is 0 Å². The van der Waals surface area contributed by atoms with Crippen LogP contribution in [0.15, 0.2) is 72.8 Å². The third-order valence-corrected chi connectivity index (χ3v) is 7.40. The van der Waals surface area contributed by atoms with Gasteiger partial charge < -0.3 is 9.47 Å². The van der Waals surface area contributed by atoms with Crippen molar-refractivity contribution in [1.29, 1.82) is 0 Å². The number of ether oxygens (including phenoxy) is 2. The van der Waals surface area contributed by atoms with Crippen molar-refractivity contribution in [3.8, 4) is 11.5 Å². The summed E-state index contributed by atoms with van der Waals surface area (Å²) in [6.45, 7) is 5.77. The van der Waals surface area contributed by atoms with Gasteiger partial charge in [-0.3, -0.25) is 9.59 Å². The van der Waals surface area contributed by atoms with Crippen LogP contribution in [0.3, 0.4) is 0 Å². The molecule has 36 heavy (non-hydrogen) atoms. The molecular weight excluding hydrogens is 448 g/mol. The van der Waals surface area contributed by atoms with Crippen molar-refractivity contribution >= 4 is 33.1 Å². The molecule has 0 aliphatic carbocycles. The van der Waals surface area contributed by atoms with Gasteiger partial charge in [0, 0.05) is 12.3 Å². The second-order valence-electron chi connectivity index (χ2n) is 9.64. The Kier molecular flexibility index (Phi) is 7.44. The predicted octanol–water partition coefficient (Wildman–Crippen LogP) is 7.40. The summed E-state index contributed by atoms with van der Waals surface area (Å²) in [6.07, 6.45) is 2.04. The van der Waals surface area contributed by atoms with Gasteiger partial charge >= 0.3 is 0 Å². The molecule has 0 amide bonds. The topological polar surface area (TPSA) is 52.6 Å². The van der Waals surface area contributed by atoms with Gasteiger partial charge in [-0.25, -0.2) is 0 Å². The normalized spacial score (nSPS) is 13.8. The summed E-state index contributed by atoms with van der Waals surface area (Å²) in [4.78, 5) is 27.8. The minimum atomic E-state index is -1.24. The average molecular weight is 483 g/mol. The lowest BCUT2D eigenvalue weighted by Crippen LogP contribution is -2.43. The van der Waals surface area contributed by atoms with Crippen molar-refractivity contribution in [2.24, 2.45) is 0 Å². The third kappa shape index (κ3) is 4.73. The molecule has 186 valence electrons. The lowest BCUT2D eigenvalue weighted by atomic mass is 9.69. The van der Waals surface area contributed by atoms with E-state index < -0.39 is 11.3 Å². The number of carbonyl (C=O) groups is 2. The number of unbranched alkanes of at least 4 members (excludes halogenated alkanes) is 1. The van der Waals surface area contributed by atoms with Gasteiger partial charge in [-0.05, 0) is 76.3 Å². The van der Waals surface area contributed by atoms with Gasteiger partial charge in [0.15, 0.2) is 11.6 Å². The summed E-state index contributed by atoms with van der Waals surface area (Å²) in [7, 11) is 3.29. The van der Waals surface area contributed by atoms with E-state index in [1.54, 1.807) is 21.1 Å². The number of carbonyl (C=O) groups excluding carboxylic acids is 2. The number of rotatable bonds is 10. The van der Waals surface area contributed by atoms with Crippen LogP contribution in [0.2, 0.25) is 0 Å². The first-order chi connectivity index (χ1) is 17.3. The molecule has 4 aromatic carbocycles. The summed E-state index contributed by atoms with van der Waals surface area (Å²) < 4.78 is 10.7. The molecule has 0 radical (unpaired) electrons. The van der Waals surface area contributed by atoms with Crippen LogP contribution in [0.4, 0.5) is 0 Å². The maximum absolute atomic E-state index is 14.2. The molecule has 4 nitrogen and oxygen atoms in total. The first kappa shape index (κ1) is 25.4. The van der Waals surface area contributed by atoms with Crippen LogP contribution in [0.5, 0.6) is 11.5 Å². The summed E-state index contributed by atoms with van der Waals surface area (Å²) in [5.41, 5.74) is 0.402. The quantitative estimate of drug-likeness (QED) is 0.221. The van der Waals surface area contributed by atoms with E-state index in [0.717, 1.165) is 57.0 Å². The second kappa shape index (κ2) is 10.5. The van der Waals surface area contributed by atoms with Crippen LogP contribution in [0, 0.1) is 0 Å². The molecule has 0 bridgehead atoms. The highest BCUT2D eigenvalue weighted by atomic mass is 16.5. The minimum absolute atomic E-state index is 0.0282. The van der Waals surface area contributed by atoms with E-state index in [4.69, 9.17) is 9.47 Å². The van der Waals surface area contributed by atoms with Crippen LogP contribution >= 0.6 is 0 Å². The Balaban J connectivity index is 1.76. The van der Waals surface area contributed by atoms with Crippen molar-refractivity contribution < 1.29 is 19.1 Å². The molecule has 4 heteroatoms.